The van der Waals surface area contributed by atoms with Crippen LogP contribution in [0.5, 0.6) is 6.01 Å². The number of benzene rings is 1. The van der Waals surface area contributed by atoms with Gasteiger partial charge in [0.15, 0.2) is 0 Å². The molecule has 7 nitrogen and oxygen atoms in total. The first-order valence-corrected chi connectivity index (χ1v) is 9.53. The Morgan fingerprint density at radius 2 is 1.93 bits per heavy atom. The average molecular weight is 380 g/mol. The molecule has 7 heteroatoms. The van der Waals surface area contributed by atoms with Crippen LogP contribution in [0.25, 0.3) is 22.0 Å². The van der Waals surface area contributed by atoms with E-state index >= 15 is 0 Å². The number of rotatable bonds is 7. The molecule has 2 N–H and O–H groups in total. The lowest BCUT2D eigenvalue weighted by molar-refractivity contribution is -0.116. The Labute approximate surface area is 163 Å². The fourth-order valence-corrected chi connectivity index (χ4v) is 3.00. The van der Waals surface area contributed by atoms with Crippen molar-refractivity contribution in [3.05, 3.63) is 46.9 Å². The van der Waals surface area contributed by atoms with Gasteiger partial charge in [0.05, 0.1) is 10.9 Å². The van der Waals surface area contributed by atoms with Crippen LogP contribution in [0, 0.1) is 0 Å². The molecule has 0 bridgehead atoms. The van der Waals surface area contributed by atoms with E-state index in [2.05, 4.69) is 15.3 Å². The molecular weight excluding hydrogens is 356 g/mol. The first kappa shape index (κ1) is 19.5. The molecule has 0 fully saturated rings. The number of anilines is 1. The highest BCUT2D eigenvalue weighted by atomic mass is 16.3. The molecule has 146 valence electrons. The van der Waals surface area contributed by atoms with Crippen molar-refractivity contribution in [1.29, 1.82) is 0 Å². The zero-order valence-corrected chi connectivity index (χ0v) is 16.1. The van der Waals surface area contributed by atoms with Crippen LogP contribution >= 0.6 is 0 Å². The summed E-state index contributed by atoms with van der Waals surface area (Å²) in [7, 11) is 0. The van der Waals surface area contributed by atoms with Gasteiger partial charge in [-0.15, -0.1) is 0 Å². The van der Waals surface area contributed by atoms with Gasteiger partial charge < -0.3 is 10.4 Å². The van der Waals surface area contributed by atoms with Crippen LogP contribution in [0.3, 0.4) is 0 Å². The van der Waals surface area contributed by atoms with E-state index in [1.807, 2.05) is 26.0 Å². The van der Waals surface area contributed by atoms with Crippen LogP contribution in [-0.4, -0.2) is 25.5 Å². The lowest BCUT2D eigenvalue weighted by Crippen LogP contribution is -2.21. The lowest BCUT2D eigenvalue weighted by Gasteiger charge is -2.09. The predicted octanol–water partition coefficient (Wildman–Crippen LogP) is 3.70. The quantitative estimate of drug-likeness (QED) is 0.651. The number of nitrogens with one attached hydrogen (secondary N) is 1. The van der Waals surface area contributed by atoms with Crippen molar-refractivity contribution < 1.29 is 9.90 Å². The van der Waals surface area contributed by atoms with Crippen molar-refractivity contribution in [3.63, 3.8) is 0 Å². The van der Waals surface area contributed by atoms with Crippen LogP contribution < -0.4 is 10.9 Å². The van der Waals surface area contributed by atoms with Gasteiger partial charge in [-0.3, -0.25) is 14.2 Å². The summed E-state index contributed by atoms with van der Waals surface area (Å²) in [6.45, 7) is 4.38. The number of carbonyl (C=O) groups is 1. The second kappa shape index (κ2) is 8.65. The molecule has 0 saturated heterocycles. The maximum atomic E-state index is 12.7. The minimum Gasteiger partial charge on any atom is -0.480 e. The van der Waals surface area contributed by atoms with Gasteiger partial charge in [0.25, 0.3) is 11.6 Å². The summed E-state index contributed by atoms with van der Waals surface area (Å²) in [5.74, 6) is 0.456. The molecule has 0 radical (unpaired) electrons. The zero-order valence-electron chi connectivity index (χ0n) is 16.1. The lowest BCUT2D eigenvalue weighted by atomic mass is 10.1. The van der Waals surface area contributed by atoms with Gasteiger partial charge in [0, 0.05) is 24.7 Å². The summed E-state index contributed by atoms with van der Waals surface area (Å²) in [6, 6.07) is 8.62. The molecular formula is C21H24N4O3. The number of aromatic hydroxyl groups is 1. The van der Waals surface area contributed by atoms with E-state index in [4.69, 9.17) is 0 Å². The third kappa shape index (κ3) is 4.19. The number of pyridine rings is 1. The number of fused-ring (bicyclic) bond motifs is 1. The minimum atomic E-state index is -0.267. The van der Waals surface area contributed by atoms with Crippen LogP contribution in [-0.2, 0) is 11.3 Å². The van der Waals surface area contributed by atoms with E-state index in [1.54, 1.807) is 24.4 Å². The summed E-state index contributed by atoms with van der Waals surface area (Å²) in [4.78, 5) is 32.9. The van der Waals surface area contributed by atoms with Crippen molar-refractivity contribution in [1.82, 2.24) is 14.5 Å². The molecule has 0 saturated carbocycles. The van der Waals surface area contributed by atoms with Gasteiger partial charge in [0.1, 0.15) is 5.82 Å². The number of unbranched alkanes of at least 4 members (excludes halogenated alkanes) is 1. The average Bonchev–Trinajstić information content (AvgIpc) is 2.70. The fraction of sp³-hybridized carbons (Fsp3) is 0.333. The second-order valence-electron chi connectivity index (χ2n) is 6.68. The number of carbonyl (C=O) groups excluding carboxylic acids is 1. The molecule has 0 aliphatic carbocycles. The van der Waals surface area contributed by atoms with Gasteiger partial charge in [-0.2, -0.15) is 4.98 Å². The van der Waals surface area contributed by atoms with Gasteiger partial charge in [0.2, 0.25) is 5.91 Å². The van der Waals surface area contributed by atoms with Crippen LogP contribution in [0.15, 0.2) is 41.3 Å². The van der Waals surface area contributed by atoms with E-state index in [0.29, 0.717) is 29.7 Å². The molecule has 0 aliphatic rings. The van der Waals surface area contributed by atoms with Crippen molar-refractivity contribution in [2.75, 3.05) is 5.32 Å². The Kier molecular flexibility index (Phi) is 6.03. The van der Waals surface area contributed by atoms with Crippen molar-refractivity contribution >= 4 is 22.6 Å². The molecule has 3 rings (SSSR count). The highest BCUT2D eigenvalue weighted by Gasteiger charge is 2.11. The molecule has 2 aromatic heterocycles. The molecule has 0 aliphatic heterocycles. The predicted molar refractivity (Wildman–Crippen MR) is 109 cm³/mol. The van der Waals surface area contributed by atoms with Crippen LogP contribution in [0.2, 0.25) is 0 Å². The third-order valence-electron chi connectivity index (χ3n) is 4.50. The first-order valence-electron chi connectivity index (χ1n) is 9.53. The number of hydrogen-bond acceptors (Lipinski definition) is 5. The standard InChI is InChI=1S/C21H24N4O3/c1-3-5-6-19(26)24-18-10-8-15(13-22-18)14-7-9-17-16(12-14)20(27)25(11-4-2)21(28)23-17/h7-10,12-13H,3-6,11H2,1-2H3,(H,23,28)(H,22,24,26). The summed E-state index contributed by atoms with van der Waals surface area (Å²) < 4.78 is 1.28. The van der Waals surface area contributed by atoms with Gasteiger partial charge in [-0.25, -0.2) is 4.98 Å². The Morgan fingerprint density at radius 1 is 1.14 bits per heavy atom. The Hall–Kier alpha value is -3.22. The van der Waals surface area contributed by atoms with Crippen molar-refractivity contribution in [3.8, 4) is 17.1 Å². The van der Waals surface area contributed by atoms with Crippen LogP contribution in [0.4, 0.5) is 5.82 Å². The highest BCUT2D eigenvalue weighted by Crippen LogP contribution is 2.23. The maximum Gasteiger partial charge on any atom is 0.297 e. The third-order valence-corrected chi connectivity index (χ3v) is 4.50. The molecule has 0 unspecified atom stereocenters. The van der Waals surface area contributed by atoms with Crippen molar-refractivity contribution in [2.45, 2.75) is 46.1 Å². The Bertz CT molecular complexity index is 1040. The van der Waals surface area contributed by atoms with Gasteiger partial charge in [-0.05, 0) is 42.7 Å². The number of aromatic nitrogens is 3. The van der Waals surface area contributed by atoms with Gasteiger partial charge >= 0.3 is 0 Å². The Morgan fingerprint density at radius 3 is 2.61 bits per heavy atom. The summed E-state index contributed by atoms with van der Waals surface area (Å²) >= 11 is 0. The molecule has 2 heterocycles. The SMILES string of the molecule is CCCCC(=O)Nc1ccc(-c2ccc3nc(O)n(CCC)c(=O)c3c2)cn1. The first-order chi connectivity index (χ1) is 13.5. The maximum absolute atomic E-state index is 12.7. The van der Waals surface area contributed by atoms with E-state index in [0.717, 1.165) is 30.4 Å². The fourth-order valence-electron chi connectivity index (χ4n) is 3.00. The smallest absolute Gasteiger partial charge is 0.297 e. The number of hydrogen-bond donors (Lipinski definition) is 2. The molecule has 1 aromatic carbocycles. The normalized spacial score (nSPS) is 10.9. The van der Waals surface area contributed by atoms with E-state index in [1.165, 1.54) is 4.57 Å². The van der Waals surface area contributed by atoms with Gasteiger partial charge in [-0.1, -0.05) is 26.3 Å². The summed E-state index contributed by atoms with van der Waals surface area (Å²) in [6.07, 6.45) is 4.67. The van der Waals surface area contributed by atoms with E-state index in [9.17, 15) is 14.7 Å². The molecule has 3 aromatic rings. The molecule has 28 heavy (non-hydrogen) atoms. The largest absolute Gasteiger partial charge is 0.480 e. The summed E-state index contributed by atoms with van der Waals surface area (Å²) in [5.41, 5.74) is 1.82. The number of nitrogens with zero attached hydrogens (tertiary/aromatic N) is 3. The molecule has 0 spiro atoms. The van der Waals surface area contributed by atoms with Crippen LogP contribution in [0.1, 0.15) is 39.5 Å². The topological polar surface area (TPSA) is 97.1 Å². The summed E-state index contributed by atoms with van der Waals surface area (Å²) in [5, 5.41) is 13.2. The van der Waals surface area contributed by atoms with E-state index < -0.39 is 0 Å². The van der Waals surface area contributed by atoms with E-state index in [-0.39, 0.29) is 17.5 Å². The highest BCUT2D eigenvalue weighted by molar-refractivity contribution is 5.90. The van der Waals surface area contributed by atoms with Crippen molar-refractivity contribution in [2.24, 2.45) is 0 Å². The minimum absolute atomic E-state index is 0.0461. The zero-order chi connectivity index (χ0) is 20.1. The Balaban J connectivity index is 1.89. The second-order valence-corrected chi connectivity index (χ2v) is 6.68. The molecule has 1 amide bonds. The monoisotopic (exact) mass is 380 g/mol. The number of amides is 1. The molecule has 0 atom stereocenters.